The molecule has 0 spiro atoms. The summed E-state index contributed by atoms with van der Waals surface area (Å²) >= 11 is 0. The molecule has 0 aliphatic carbocycles. The molecule has 6 nitrogen and oxygen atoms in total. The Kier molecular flexibility index (Phi) is 3.84. The fourth-order valence-electron chi connectivity index (χ4n) is 1.15. The molecule has 1 atom stereocenters. The molecule has 0 amide bonds. The molecule has 0 bridgehead atoms. The van der Waals surface area contributed by atoms with E-state index >= 15 is 0 Å². The standard InChI is InChI=1S/C10H12N2O4/c1-3-10(13)11-7-4-5-9(16-2)8(6-7)12(14)15/h3-6,10-11,13H,1H2,2H3. The summed E-state index contributed by atoms with van der Waals surface area (Å²) in [6.45, 7) is 3.38. The molecule has 0 heterocycles. The van der Waals surface area contributed by atoms with Crippen LogP contribution in [0, 0.1) is 10.1 Å². The quantitative estimate of drug-likeness (QED) is 0.343. The monoisotopic (exact) mass is 224 g/mol. The lowest BCUT2D eigenvalue weighted by Gasteiger charge is -2.10. The summed E-state index contributed by atoms with van der Waals surface area (Å²) in [5.41, 5.74) is 0.253. The van der Waals surface area contributed by atoms with Gasteiger partial charge in [-0.2, -0.15) is 0 Å². The fourth-order valence-corrected chi connectivity index (χ4v) is 1.15. The van der Waals surface area contributed by atoms with E-state index in [0.29, 0.717) is 5.69 Å². The molecule has 1 aromatic carbocycles. The van der Waals surface area contributed by atoms with Gasteiger partial charge >= 0.3 is 5.69 Å². The molecular weight excluding hydrogens is 212 g/mol. The van der Waals surface area contributed by atoms with Crippen molar-refractivity contribution in [3.8, 4) is 5.75 Å². The lowest BCUT2D eigenvalue weighted by Crippen LogP contribution is -2.14. The van der Waals surface area contributed by atoms with Crippen LogP contribution in [0.1, 0.15) is 0 Å². The van der Waals surface area contributed by atoms with Crippen LogP contribution in [0.25, 0.3) is 0 Å². The third-order valence-corrected chi connectivity index (χ3v) is 1.91. The van der Waals surface area contributed by atoms with E-state index in [1.165, 1.54) is 25.3 Å². The maximum Gasteiger partial charge on any atom is 0.312 e. The van der Waals surface area contributed by atoms with Gasteiger partial charge in [0.25, 0.3) is 0 Å². The average molecular weight is 224 g/mol. The number of anilines is 1. The number of hydrogen-bond acceptors (Lipinski definition) is 5. The van der Waals surface area contributed by atoms with Crippen LogP contribution in [-0.2, 0) is 0 Å². The van der Waals surface area contributed by atoms with Crippen molar-refractivity contribution in [1.29, 1.82) is 0 Å². The molecule has 0 saturated carbocycles. The molecule has 0 saturated heterocycles. The molecule has 1 rings (SSSR count). The van der Waals surface area contributed by atoms with Crippen molar-refractivity contribution in [2.75, 3.05) is 12.4 Å². The minimum atomic E-state index is -0.951. The number of nitrogens with one attached hydrogen (secondary N) is 1. The minimum absolute atomic E-state index is 0.163. The number of nitro benzene ring substituents is 1. The third-order valence-electron chi connectivity index (χ3n) is 1.91. The second-order valence-electron chi connectivity index (χ2n) is 2.97. The van der Waals surface area contributed by atoms with Crippen LogP contribution in [0.5, 0.6) is 5.75 Å². The number of benzene rings is 1. The number of hydrogen-bond donors (Lipinski definition) is 2. The van der Waals surface area contributed by atoms with E-state index in [9.17, 15) is 15.2 Å². The van der Waals surface area contributed by atoms with E-state index in [2.05, 4.69) is 11.9 Å². The highest BCUT2D eigenvalue weighted by Crippen LogP contribution is 2.29. The molecule has 0 aromatic heterocycles. The van der Waals surface area contributed by atoms with Gasteiger partial charge in [-0.25, -0.2) is 0 Å². The van der Waals surface area contributed by atoms with Crippen molar-refractivity contribution in [2.45, 2.75) is 6.23 Å². The predicted octanol–water partition coefficient (Wildman–Crippen LogP) is 1.52. The number of methoxy groups -OCH3 is 1. The Balaban J connectivity index is 3.02. The Morgan fingerprint density at radius 1 is 1.69 bits per heavy atom. The first-order valence-corrected chi connectivity index (χ1v) is 4.48. The van der Waals surface area contributed by atoms with Crippen molar-refractivity contribution in [3.63, 3.8) is 0 Å². The van der Waals surface area contributed by atoms with E-state index in [1.807, 2.05) is 0 Å². The van der Waals surface area contributed by atoms with Crippen LogP contribution in [0.3, 0.4) is 0 Å². The van der Waals surface area contributed by atoms with E-state index in [1.54, 1.807) is 6.07 Å². The Morgan fingerprint density at radius 2 is 2.38 bits per heavy atom. The topological polar surface area (TPSA) is 84.6 Å². The highest BCUT2D eigenvalue weighted by molar-refractivity contribution is 5.58. The number of rotatable bonds is 5. The summed E-state index contributed by atoms with van der Waals surface area (Å²) in [5, 5.41) is 22.6. The third kappa shape index (κ3) is 2.71. The number of nitro groups is 1. The van der Waals surface area contributed by atoms with Crippen molar-refractivity contribution in [3.05, 3.63) is 41.0 Å². The molecule has 0 radical (unpaired) electrons. The smallest absolute Gasteiger partial charge is 0.312 e. The summed E-state index contributed by atoms with van der Waals surface area (Å²) in [6.07, 6.45) is 0.323. The second kappa shape index (κ2) is 5.13. The van der Waals surface area contributed by atoms with Crippen LogP contribution < -0.4 is 10.1 Å². The van der Waals surface area contributed by atoms with Crippen molar-refractivity contribution in [1.82, 2.24) is 0 Å². The number of nitrogens with zero attached hydrogens (tertiary/aromatic N) is 1. The van der Waals surface area contributed by atoms with Crippen molar-refractivity contribution < 1.29 is 14.8 Å². The largest absolute Gasteiger partial charge is 0.490 e. The van der Waals surface area contributed by atoms with Gasteiger partial charge in [-0.15, -0.1) is 0 Å². The maximum atomic E-state index is 10.7. The van der Waals surface area contributed by atoms with Crippen molar-refractivity contribution >= 4 is 11.4 Å². The average Bonchev–Trinajstić information content (AvgIpc) is 2.28. The lowest BCUT2D eigenvalue weighted by atomic mass is 10.2. The SMILES string of the molecule is C=CC(O)Nc1ccc(OC)c([N+](=O)[O-])c1. The summed E-state index contributed by atoms with van der Waals surface area (Å²) in [5.74, 6) is 0.170. The van der Waals surface area contributed by atoms with Gasteiger partial charge in [0, 0.05) is 11.8 Å². The van der Waals surface area contributed by atoms with Gasteiger partial charge < -0.3 is 15.2 Å². The van der Waals surface area contributed by atoms with Gasteiger partial charge in [0.05, 0.1) is 12.0 Å². The number of ether oxygens (including phenoxy) is 1. The van der Waals surface area contributed by atoms with Crippen LogP contribution in [-0.4, -0.2) is 23.4 Å². The molecule has 0 fully saturated rings. The summed E-state index contributed by atoms with van der Waals surface area (Å²) in [4.78, 5) is 10.2. The fraction of sp³-hybridized carbons (Fsp3) is 0.200. The molecule has 16 heavy (non-hydrogen) atoms. The van der Waals surface area contributed by atoms with Crippen molar-refractivity contribution in [2.24, 2.45) is 0 Å². The lowest BCUT2D eigenvalue weighted by molar-refractivity contribution is -0.385. The molecule has 0 aliphatic rings. The van der Waals surface area contributed by atoms with Gasteiger partial charge in [0.1, 0.15) is 6.23 Å². The van der Waals surface area contributed by atoms with Gasteiger partial charge in [0.15, 0.2) is 5.75 Å². The highest BCUT2D eigenvalue weighted by atomic mass is 16.6. The van der Waals surface area contributed by atoms with Gasteiger partial charge in [-0.1, -0.05) is 6.58 Å². The van der Waals surface area contributed by atoms with Gasteiger partial charge in [-0.05, 0) is 18.2 Å². The zero-order valence-corrected chi connectivity index (χ0v) is 8.71. The number of aliphatic hydroxyl groups is 1. The summed E-state index contributed by atoms with van der Waals surface area (Å²) < 4.78 is 4.84. The molecule has 0 aliphatic heterocycles. The van der Waals surface area contributed by atoms with Crippen LogP contribution in [0.4, 0.5) is 11.4 Å². The minimum Gasteiger partial charge on any atom is -0.490 e. The molecule has 2 N–H and O–H groups in total. The first kappa shape index (κ1) is 12.0. The highest BCUT2D eigenvalue weighted by Gasteiger charge is 2.15. The molecule has 6 heteroatoms. The van der Waals surface area contributed by atoms with Crippen LogP contribution in [0.15, 0.2) is 30.9 Å². The van der Waals surface area contributed by atoms with E-state index < -0.39 is 11.2 Å². The van der Waals surface area contributed by atoms with Gasteiger partial charge in [-0.3, -0.25) is 10.1 Å². The summed E-state index contributed by atoms with van der Waals surface area (Å²) in [7, 11) is 1.36. The van der Waals surface area contributed by atoms with E-state index in [-0.39, 0.29) is 11.4 Å². The zero-order chi connectivity index (χ0) is 12.1. The Hall–Kier alpha value is -2.08. The molecular formula is C10H12N2O4. The zero-order valence-electron chi connectivity index (χ0n) is 8.71. The summed E-state index contributed by atoms with van der Waals surface area (Å²) in [6, 6.07) is 4.31. The van der Waals surface area contributed by atoms with Gasteiger partial charge in [0.2, 0.25) is 0 Å². The Labute approximate surface area is 92.3 Å². The molecule has 1 aromatic rings. The first-order chi connectivity index (χ1) is 7.58. The Morgan fingerprint density at radius 3 is 2.88 bits per heavy atom. The first-order valence-electron chi connectivity index (χ1n) is 4.48. The second-order valence-corrected chi connectivity index (χ2v) is 2.97. The van der Waals surface area contributed by atoms with E-state index in [4.69, 9.17) is 4.74 Å². The molecule has 86 valence electrons. The number of aliphatic hydroxyl groups excluding tert-OH is 1. The van der Waals surface area contributed by atoms with Crippen LogP contribution in [0.2, 0.25) is 0 Å². The van der Waals surface area contributed by atoms with Crippen LogP contribution >= 0.6 is 0 Å². The molecule has 1 unspecified atom stereocenters. The predicted molar refractivity (Wildman–Crippen MR) is 59.5 cm³/mol. The maximum absolute atomic E-state index is 10.7. The Bertz CT molecular complexity index is 406. The normalized spacial score (nSPS) is 11.6. The van der Waals surface area contributed by atoms with E-state index in [0.717, 1.165) is 0 Å².